The van der Waals surface area contributed by atoms with Gasteiger partial charge in [-0.2, -0.15) is 0 Å². The molecule has 3 aromatic rings. The first-order chi connectivity index (χ1) is 32.3. The molecule has 0 spiro atoms. The first kappa shape index (κ1) is 52.3. The van der Waals surface area contributed by atoms with Gasteiger partial charge >= 0.3 is 12.1 Å². The summed E-state index contributed by atoms with van der Waals surface area (Å²) in [7, 11) is 5.24. The van der Waals surface area contributed by atoms with Crippen LogP contribution in [0.1, 0.15) is 91.1 Å². The number of rotatable bonds is 14. The van der Waals surface area contributed by atoms with Gasteiger partial charge in [-0.15, -0.1) is 5.10 Å². The summed E-state index contributed by atoms with van der Waals surface area (Å²) in [6, 6.07) is 11.2. The molecule has 19 nitrogen and oxygen atoms in total. The van der Waals surface area contributed by atoms with Crippen molar-refractivity contribution >= 4 is 29.4 Å². The van der Waals surface area contributed by atoms with E-state index in [1.807, 2.05) is 70.2 Å². The molecule has 3 fully saturated rings. The summed E-state index contributed by atoms with van der Waals surface area (Å²) in [5.74, 6) is -3.90. The number of cyclic esters (lactones) is 1. The summed E-state index contributed by atoms with van der Waals surface area (Å²) in [5, 5.41) is 27.0. The van der Waals surface area contributed by atoms with E-state index in [0.717, 1.165) is 5.56 Å². The lowest BCUT2D eigenvalue weighted by molar-refractivity contribution is -0.296. The molecule has 3 aliphatic heterocycles. The number of aliphatic hydroxyl groups is 1. The number of anilines is 1. The maximum absolute atomic E-state index is 14.6. The van der Waals surface area contributed by atoms with Crippen molar-refractivity contribution in [2.75, 3.05) is 46.6 Å². The molecule has 19 heteroatoms. The van der Waals surface area contributed by atoms with Crippen LogP contribution in [-0.4, -0.2) is 160 Å². The van der Waals surface area contributed by atoms with Crippen molar-refractivity contribution in [2.24, 2.45) is 17.8 Å². The molecule has 1 aromatic carbocycles. The number of aromatic nitrogens is 4. The zero-order valence-corrected chi connectivity index (χ0v) is 41.3. The third-order valence-electron chi connectivity index (χ3n) is 14.1. The molecule has 5 heterocycles. The van der Waals surface area contributed by atoms with Gasteiger partial charge in [-0.1, -0.05) is 44.2 Å². The average molecular weight is 948 g/mol. The second-order valence-electron chi connectivity index (χ2n) is 19.5. The molecule has 0 aliphatic carbocycles. The quantitative estimate of drug-likeness (QED) is 0.0771. The number of hydrogen-bond acceptors (Lipinski definition) is 16. The van der Waals surface area contributed by atoms with Gasteiger partial charge in [0.1, 0.15) is 29.5 Å². The van der Waals surface area contributed by atoms with Crippen LogP contribution >= 0.6 is 0 Å². The first-order valence-electron chi connectivity index (χ1n) is 23.9. The minimum absolute atomic E-state index is 0.0860. The number of hydrogen-bond donors (Lipinski definition) is 4. The number of nitrogens with two attached hydrogens (primary N) is 1. The summed E-state index contributed by atoms with van der Waals surface area (Å²) in [6.45, 7) is 14.3. The molecular weight excluding hydrogens is 875 g/mol. The monoisotopic (exact) mass is 948 g/mol. The number of nitrogen functional groups attached to an aromatic ring is 1. The Morgan fingerprint density at radius 3 is 2.50 bits per heavy atom. The largest absolute Gasteiger partial charge is 0.458 e. The maximum Gasteiger partial charge on any atom is 0.410 e. The van der Waals surface area contributed by atoms with Crippen molar-refractivity contribution < 1.29 is 48.0 Å². The second kappa shape index (κ2) is 22.6. The second-order valence-corrected chi connectivity index (χ2v) is 19.5. The van der Waals surface area contributed by atoms with Gasteiger partial charge in [-0.05, 0) is 111 Å². The lowest BCUT2D eigenvalue weighted by Crippen LogP contribution is -2.61. The number of likely N-dealkylation sites (N-methyl/N-ethyl adjacent to an activating group) is 1. The normalized spacial score (nSPS) is 33.0. The van der Waals surface area contributed by atoms with E-state index in [2.05, 4.69) is 32.9 Å². The smallest absolute Gasteiger partial charge is 0.410 e. The third-order valence-corrected chi connectivity index (χ3v) is 14.1. The van der Waals surface area contributed by atoms with Gasteiger partial charge in [0.2, 0.25) is 0 Å². The fourth-order valence-electron chi connectivity index (χ4n) is 10.3. The Kier molecular flexibility index (Phi) is 17.4. The number of methoxy groups -OCH3 is 1. The number of fused-ring (bicyclic) bond motifs is 1. The predicted molar refractivity (Wildman–Crippen MR) is 253 cm³/mol. The van der Waals surface area contributed by atoms with Crippen LogP contribution in [0.15, 0.2) is 54.9 Å². The average Bonchev–Trinajstić information content (AvgIpc) is 3.90. The van der Waals surface area contributed by atoms with Crippen molar-refractivity contribution in [1.82, 2.24) is 40.4 Å². The number of benzene rings is 1. The fourth-order valence-corrected chi connectivity index (χ4v) is 10.3. The molecule has 3 unspecified atom stereocenters. The molecule has 5 N–H and O–H groups in total. The van der Waals surface area contributed by atoms with E-state index in [9.17, 15) is 24.3 Å². The van der Waals surface area contributed by atoms with Gasteiger partial charge < -0.3 is 50.1 Å². The molecule has 6 rings (SSSR count). The van der Waals surface area contributed by atoms with Crippen LogP contribution in [0.2, 0.25) is 0 Å². The van der Waals surface area contributed by atoms with Crippen molar-refractivity contribution in [3.63, 3.8) is 0 Å². The fraction of sp³-hybridized carbons (Fsp3) is 0.653. The van der Waals surface area contributed by atoms with Gasteiger partial charge in [0.05, 0.1) is 30.0 Å². The van der Waals surface area contributed by atoms with E-state index in [1.54, 1.807) is 54.9 Å². The molecule has 68 heavy (non-hydrogen) atoms. The number of amides is 2. The Labute approximate surface area is 400 Å². The van der Waals surface area contributed by atoms with Crippen LogP contribution in [-0.2, 0) is 39.8 Å². The molecular formula is C49H73N9O10. The van der Waals surface area contributed by atoms with Crippen LogP contribution < -0.4 is 16.4 Å². The standard InChI is InChI=1S/C49H73N9O10/c1-11-39-49(7)42(58(47(63)68-49)22-15-14-21-57-28-37(54-55-57)33-17-16-18-34(50)23-33)32(5)52-26-29(2)25-48(6,64-10)43(30(3)40(59)31(4)45(62)66-39)67-46-41(60)38(56(8)9)24-35(65-46)27-53-44(61)36-19-12-13-20-51-36/h12-13,16-20,23,28-32,35,38-39,41-43,46,52,60H,11,14-15,21-22,24-27,50H2,1-10H3,(H,53,61)/t29-,30+,31-,32-,35?,38?,39-,41?,42-,43-,46+,48-,49-/m1/s1. The number of carbonyl (C=O) groups is 4. The van der Waals surface area contributed by atoms with E-state index in [0.29, 0.717) is 63.1 Å². The van der Waals surface area contributed by atoms with Crippen molar-refractivity contribution in [2.45, 2.75) is 147 Å². The number of unbranched alkanes of at least 4 members (excludes halogenated alkanes) is 1. The highest BCUT2D eigenvalue weighted by atomic mass is 16.7. The Hall–Kier alpha value is -5.05. The zero-order chi connectivity index (χ0) is 49.5. The minimum Gasteiger partial charge on any atom is -0.458 e. The van der Waals surface area contributed by atoms with E-state index < -0.39 is 83.7 Å². The number of aryl methyl sites for hydroxylation is 1. The van der Waals surface area contributed by atoms with Gasteiger partial charge in [-0.3, -0.25) is 28.9 Å². The highest BCUT2D eigenvalue weighted by Crippen LogP contribution is 2.40. The molecule has 0 bridgehead atoms. The maximum atomic E-state index is 14.6. The van der Waals surface area contributed by atoms with Crippen LogP contribution in [0.25, 0.3) is 11.3 Å². The van der Waals surface area contributed by atoms with E-state index in [1.165, 1.54) is 6.92 Å². The molecule has 3 saturated heterocycles. The first-order valence-corrected chi connectivity index (χ1v) is 23.9. The number of ketones is 1. The van der Waals surface area contributed by atoms with Crippen LogP contribution in [0, 0.1) is 17.8 Å². The van der Waals surface area contributed by atoms with E-state index >= 15 is 0 Å². The van der Waals surface area contributed by atoms with Gasteiger partial charge in [0, 0.05) is 62.2 Å². The topological polar surface area (TPSA) is 235 Å². The highest BCUT2D eigenvalue weighted by molar-refractivity contribution is 6.00. The van der Waals surface area contributed by atoms with Crippen LogP contribution in [0.5, 0.6) is 0 Å². The highest BCUT2D eigenvalue weighted by Gasteiger charge is 2.59. The molecule has 2 aromatic heterocycles. The molecule has 374 valence electrons. The van der Waals surface area contributed by atoms with Crippen molar-refractivity contribution in [3.8, 4) is 11.3 Å². The van der Waals surface area contributed by atoms with E-state index in [-0.39, 0.29) is 30.1 Å². The summed E-state index contributed by atoms with van der Waals surface area (Å²) in [5.41, 5.74) is 6.03. The molecule has 0 radical (unpaired) electrons. The number of aliphatic hydroxyl groups excluding tert-OH is 1. The lowest BCUT2D eigenvalue weighted by atomic mass is 9.78. The predicted octanol–water partition coefficient (Wildman–Crippen LogP) is 4.09. The Morgan fingerprint density at radius 2 is 1.82 bits per heavy atom. The van der Waals surface area contributed by atoms with Gasteiger partial charge in [-0.25, -0.2) is 4.79 Å². The Morgan fingerprint density at radius 1 is 1.07 bits per heavy atom. The molecule has 2 amide bonds. The van der Waals surface area contributed by atoms with E-state index in [4.69, 9.17) is 29.4 Å². The lowest BCUT2D eigenvalue weighted by Gasteiger charge is -2.47. The number of pyridine rings is 1. The summed E-state index contributed by atoms with van der Waals surface area (Å²) >= 11 is 0. The summed E-state index contributed by atoms with van der Waals surface area (Å²) in [6.07, 6.45) is 0.394. The van der Waals surface area contributed by atoms with Crippen LogP contribution in [0.4, 0.5) is 10.5 Å². The third kappa shape index (κ3) is 11.9. The number of esters is 1. The number of Topliss-reactive ketones (excluding diaryl/α,β-unsaturated/α-hetero) is 1. The van der Waals surface area contributed by atoms with Crippen molar-refractivity contribution in [1.29, 1.82) is 0 Å². The van der Waals surface area contributed by atoms with Crippen LogP contribution in [0.3, 0.4) is 0 Å². The number of nitrogens with one attached hydrogen (secondary N) is 2. The SMILES string of the molecule is CC[C@H]1OC(=O)[C@H](C)C(=O)[C@H](C)[C@@H](O[C@@H]2OC(CNC(=O)c3ccccn3)CC(N(C)C)C2O)[C@](C)(OC)C[C@@H](C)CN[C@H](C)[C@H]2N(CCCCn3cc(-c4cccc(N)c4)nn3)C(=O)O[C@]12C. The van der Waals surface area contributed by atoms with Crippen molar-refractivity contribution in [3.05, 3.63) is 60.6 Å². The minimum atomic E-state index is -1.28. The molecule has 3 aliphatic rings. The summed E-state index contributed by atoms with van der Waals surface area (Å²) in [4.78, 5) is 63.5. The Balaban J connectivity index is 1.21. The molecule has 0 saturated carbocycles. The van der Waals surface area contributed by atoms with Gasteiger partial charge in [0.25, 0.3) is 5.91 Å². The Bertz CT molecular complexity index is 2180. The molecule has 13 atom stereocenters. The zero-order valence-electron chi connectivity index (χ0n) is 41.3. The number of ether oxygens (including phenoxy) is 5. The van der Waals surface area contributed by atoms with Gasteiger partial charge in [0.15, 0.2) is 17.7 Å². The number of nitrogens with zero attached hydrogens (tertiary/aromatic N) is 6. The summed E-state index contributed by atoms with van der Waals surface area (Å²) < 4.78 is 33.8. The number of carbonyl (C=O) groups excluding carboxylic acids is 4.